The molecule has 8 heteroatoms. The van der Waals surface area contributed by atoms with Crippen LogP contribution in [0.4, 0.5) is 0 Å². The van der Waals surface area contributed by atoms with Gasteiger partial charge in [-0.15, -0.1) is 0 Å². The molecule has 0 spiro atoms. The molecule has 0 bridgehead atoms. The highest BCUT2D eigenvalue weighted by atomic mass is 16.5. The van der Waals surface area contributed by atoms with Gasteiger partial charge >= 0.3 is 0 Å². The lowest BCUT2D eigenvalue weighted by Crippen LogP contribution is -2.46. The van der Waals surface area contributed by atoms with E-state index in [1.807, 2.05) is 42.2 Å². The summed E-state index contributed by atoms with van der Waals surface area (Å²) in [4.78, 5) is 31.0. The van der Waals surface area contributed by atoms with E-state index >= 15 is 0 Å². The highest BCUT2D eigenvalue weighted by Gasteiger charge is 2.29. The first-order chi connectivity index (χ1) is 16.0. The number of pyridine rings is 1. The van der Waals surface area contributed by atoms with Crippen molar-refractivity contribution in [2.24, 2.45) is 5.73 Å². The number of fused-ring (bicyclic) bond motifs is 1. The summed E-state index contributed by atoms with van der Waals surface area (Å²) < 4.78 is 6.08. The van der Waals surface area contributed by atoms with Gasteiger partial charge in [0.1, 0.15) is 12.4 Å². The van der Waals surface area contributed by atoms with E-state index in [4.69, 9.17) is 10.5 Å². The highest BCUT2D eigenvalue weighted by Crippen LogP contribution is 2.25. The second-order valence-electron chi connectivity index (χ2n) is 8.35. The van der Waals surface area contributed by atoms with Gasteiger partial charge in [-0.2, -0.15) is 0 Å². The molecule has 1 aliphatic heterocycles. The van der Waals surface area contributed by atoms with Crippen LogP contribution in [-0.2, 0) is 17.8 Å². The Morgan fingerprint density at radius 3 is 2.64 bits per heavy atom. The van der Waals surface area contributed by atoms with E-state index in [0.29, 0.717) is 23.5 Å². The van der Waals surface area contributed by atoms with Gasteiger partial charge in [-0.1, -0.05) is 18.2 Å². The van der Waals surface area contributed by atoms with Crippen molar-refractivity contribution in [3.8, 4) is 5.75 Å². The number of para-hydroxylation sites is 1. The summed E-state index contributed by atoms with van der Waals surface area (Å²) in [5.41, 5.74) is 11.1. The number of nitrogens with zero attached hydrogens (tertiary/aromatic N) is 2. The fourth-order valence-corrected chi connectivity index (χ4v) is 4.47. The van der Waals surface area contributed by atoms with Gasteiger partial charge in [-0.05, 0) is 75.2 Å². The number of primary amides is 1. The summed E-state index contributed by atoms with van der Waals surface area (Å²) in [5, 5.41) is 10.3. The van der Waals surface area contributed by atoms with Gasteiger partial charge in [-0.3, -0.25) is 24.7 Å². The highest BCUT2D eigenvalue weighted by molar-refractivity contribution is 5.95. The van der Waals surface area contributed by atoms with Crippen molar-refractivity contribution in [3.63, 3.8) is 0 Å². The Morgan fingerprint density at radius 2 is 1.91 bits per heavy atom. The summed E-state index contributed by atoms with van der Waals surface area (Å²) in [6, 6.07) is 14.4. The fraction of sp³-hybridized carbons (Fsp3) is 0.320. The summed E-state index contributed by atoms with van der Waals surface area (Å²) >= 11 is 0. The summed E-state index contributed by atoms with van der Waals surface area (Å²) in [5.74, 6) is -0.507. The molecule has 3 aromatic rings. The van der Waals surface area contributed by atoms with Crippen molar-refractivity contribution in [1.29, 1.82) is 0 Å². The van der Waals surface area contributed by atoms with E-state index in [1.165, 1.54) is 0 Å². The monoisotopic (exact) mass is 448 g/mol. The molecule has 172 valence electrons. The number of nitrogens with two attached hydrogens (primary N) is 1. The Bertz CT molecular complexity index is 1170. The van der Waals surface area contributed by atoms with Crippen molar-refractivity contribution in [3.05, 3.63) is 70.9 Å². The van der Waals surface area contributed by atoms with Crippen molar-refractivity contribution in [2.75, 3.05) is 13.1 Å². The Morgan fingerprint density at radius 1 is 1.15 bits per heavy atom. The first kappa shape index (κ1) is 22.7. The smallest absolute Gasteiger partial charge is 0.261 e. The lowest BCUT2D eigenvalue weighted by molar-refractivity contribution is -0.134. The molecule has 1 aromatic heterocycles. The zero-order valence-electron chi connectivity index (χ0n) is 18.6. The van der Waals surface area contributed by atoms with E-state index < -0.39 is 17.9 Å². The number of hydrogen-bond acceptors (Lipinski definition) is 6. The summed E-state index contributed by atoms with van der Waals surface area (Å²) in [7, 11) is 0. The molecule has 1 fully saturated rings. The molecule has 33 heavy (non-hydrogen) atoms. The van der Waals surface area contributed by atoms with Crippen LogP contribution in [0.3, 0.4) is 0 Å². The van der Waals surface area contributed by atoms with Gasteiger partial charge in [0.15, 0.2) is 0 Å². The Kier molecular flexibility index (Phi) is 6.86. The standard InChI is InChI=1S/C25H28N4O4/c1-16-12-18(20-6-2-3-7-22(20)27-16)15-33-19-8-9-21(24(26)30)17(13-19)14-23(25(31)28-32)29-10-4-5-11-29/h2-3,6-9,12-13,23,32H,4-5,10-11,14-15H2,1H3,(H2,26,30)(H,28,31)/t23-/m0/s1. The number of carbonyl (C=O) groups is 2. The zero-order chi connectivity index (χ0) is 23.4. The van der Waals surface area contributed by atoms with Crippen molar-refractivity contribution in [2.45, 2.75) is 38.8 Å². The molecular formula is C25H28N4O4. The number of amides is 2. The molecule has 4 N–H and O–H groups in total. The van der Waals surface area contributed by atoms with Gasteiger partial charge in [0.05, 0.1) is 11.6 Å². The minimum Gasteiger partial charge on any atom is -0.489 e. The lowest BCUT2D eigenvalue weighted by Gasteiger charge is -2.26. The Labute approximate surface area is 192 Å². The van der Waals surface area contributed by atoms with Crippen LogP contribution in [0, 0.1) is 6.92 Å². The third kappa shape index (κ3) is 5.13. The number of benzene rings is 2. The number of carbonyl (C=O) groups excluding carboxylic acids is 2. The van der Waals surface area contributed by atoms with Crippen LogP contribution >= 0.6 is 0 Å². The molecule has 0 aliphatic carbocycles. The number of likely N-dealkylation sites (tertiary alicyclic amines) is 1. The van der Waals surface area contributed by atoms with E-state index in [1.54, 1.807) is 23.7 Å². The topological polar surface area (TPSA) is 118 Å². The fourth-order valence-electron chi connectivity index (χ4n) is 4.47. The number of ether oxygens (including phenoxy) is 1. The van der Waals surface area contributed by atoms with Crippen molar-refractivity contribution < 1.29 is 19.5 Å². The number of nitrogens with one attached hydrogen (secondary N) is 1. The Hall–Kier alpha value is -3.49. The quantitative estimate of drug-likeness (QED) is 0.360. The maximum Gasteiger partial charge on any atom is 0.261 e. The molecule has 2 amide bonds. The van der Waals surface area contributed by atoms with Crippen LogP contribution in [0.1, 0.15) is 40.0 Å². The van der Waals surface area contributed by atoms with Crippen molar-refractivity contribution >= 4 is 22.7 Å². The van der Waals surface area contributed by atoms with Gasteiger partial charge in [-0.25, -0.2) is 5.48 Å². The molecule has 0 unspecified atom stereocenters. The minimum atomic E-state index is -0.599. The molecule has 2 aromatic carbocycles. The lowest BCUT2D eigenvalue weighted by atomic mass is 9.98. The zero-order valence-corrected chi connectivity index (χ0v) is 18.6. The minimum absolute atomic E-state index is 0.235. The van der Waals surface area contributed by atoms with Crippen LogP contribution in [-0.4, -0.2) is 46.0 Å². The molecule has 1 atom stereocenters. The number of aromatic nitrogens is 1. The SMILES string of the molecule is Cc1cc(COc2ccc(C(N)=O)c(C[C@@H](C(=O)NO)N3CCCC3)c2)c2ccccc2n1. The van der Waals surface area contributed by atoms with Crippen LogP contribution in [0.15, 0.2) is 48.5 Å². The van der Waals surface area contributed by atoms with Gasteiger partial charge in [0.25, 0.3) is 5.91 Å². The van der Waals surface area contributed by atoms with Crippen LogP contribution in [0.5, 0.6) is 5.75 Å². The average molecular weight is 449 g/mol. The normalized spacial score (nSPS) is 14.8. The summed E-state index contributed by atoms with van der Waals surface area (Å²) in [6.45, 7) is 3.79. The van der Waals surface area contributed by atoms with Crippen LogP contribution in [0.2, 0.25) is 0 Å². The molecule has 2 heterocycles. The van der Waals surface area contributed by atoms with Crippen LogP contribution < -0.4 is 16.0 Å². The number of hydroxylamine groups is 1. The first-order valence-electron chi connectivity index (χ1n) is 11.0. The Balaban J connectivity index is 1.60. The van der Waals surface area contributed by atoms with E-state index in [2.05, 4.69) is 4.98 Å². The average Bonchev–Trinajstić information content (AvgIpc) is 3.35. The number of rotatable bonds is 8. The second-order valence-corrected chi connectivity index (χ2v) is 8.35. The molecule has 4 rings (SSSR count). The molecular weight excluding hydrogens is 420 g/mol. The third-order valence-corrected chi connectivity index (χ3v) is 6.07. The third-order valence-electron chi connectivity index (χ3n) is 6.07. The first-order valence-corrected chi connectivity index (χ1v) is 11.0. The van der Waals surface area contributed by atoms with Crippen LogP contribution in [0.25, 0.3) is 10.9 Å². The van der Waals surface area contributed by atoms with Crippen molar-refractivity contribution in [1.82, 2.24) is 15.4 Å². The predicted octanol–water partition coefficient (Wildman–Crippen LogP) is 2.73. The predicted molar refractivity (Wildman–Crippen MR) is 124 cm³/mol. The molecule has 8 nitrogen and oxygen atoms in total. The molecule has 1 aliphatic rings. The maximum atomic E-state index is 12.4. The van der Waals surface area contributed by atoms with E-state index in [0.717, 1.165) is 48.1 Å². The van der Waals surface area contributed by atoms with Gasteiger partial charge in [0, 0.05) is 22.2 Å². The largest absolute Gasteiger partial charge is 0.489 e. The number of aryl methyl sites for hydroxylation is 1. The second kappa shape index (κ2) is 9.97. The van der Waals surface area contributed by atoms with E-state index in [9.17, 15) is 14.8 Å². The molecule has 0 radical (unpaired) electrons. The van der Waals surface area contributed by atoms with E-state index in [-0.39, 0.29) is 6.42 Å². The van der Waals surface area contributed by atoms with Gasteiger partial charge < -0.3 is 10.5 Å². The number of hydrogen-bond donors (Lipinski definition) is 3. The summed E-state index contributed by atoms with van der Waals surface area (Å²) in [6.07, 6.45) is 2.21. The van der Waals surface area contributed by atoms with Gasteiger partial charge in [0.2, 0.25) is 5.91 Å². The maximum absolute atomic E-state index is 12.4. The molecule has 0 saturated carbocycles. The molecule has 1 saturated heterocycles.